The highest BCUT2D eigenvalue weighted by molar-refractivity contribution is 6.03. The predicted molar refractivity (Wildman–Crippen MR) is 175 cm³/mol. The number of allylic oxidation sites excluding steroid dienone is 2. The number of rotatable bonds is 13. The Hall–Kier alpha value is -2.96. The maximum Gasteiger partial charge on any atom is 0.152 e. The van der Waals surface area contributed by atoms with Crippen LogP contribution >= 0.6 is 0 Å². The molecule has 8 heteroatoms. The molecule has 6 nitrogen and oxygen atoms in total. The number of aliphatic hydroxyl groups excluding tert-OH is 1. The molecule has 3 N–H and O–H groups in total. The summed E-state index contributed by atoms with van der Waals surface area (Å²) < 4.78 is 33.2. The van der Waals surface area contributed by atoms with Crippen molar-refractivity contribution in [2.24, 2.45) is 10.7 Å². The van der Waals surface area contributed by atoms with E-state index in [4.69, 9.17) is 20.6 Å². The molecule has 44 heavy (non-hydrogen) atoms. The molecule has 1 aliphatic heterocycles. The molecule has 3 aliphatic rings. The number of hydrogen-bond donors (Lipinski definition) is 2. The van der Waals surface area contributed by atoms with Gasteiger partial charge in [-0.15, -0.1) is 0 Å². The van der Waals surface area contributed by atoms with Gasteiger partial charge in [-0.2, -0.15) is 0 Å². The van der Waals surface area contributed by atoms with Crippen molar-refractivity contribution in [1.82, 2.24) is 4.90 Å². The monoisotopic (exact) mass is 613 g/mol. The summed E-state index contributed by atoms with van der Waals surface area (Å²) in [6, 6.07) is 4.74. The van der Waals surface area contributed by atoms with Gasteiger partial charge in [0.15, 0.2) is 5.94 Å². The smallest absolute Gasteiger partial charge is 0.152 e. The summed E-state index contributed by atoms with van der Waals surface area (Å²) in [5.41, 5.74) is 11.2. The van der Waals surface area contributed by atoms with E-state index in [1.54, 1.807) is 11.0 Å². The predicted octanol–water partition coefficient (Wildman–Crippen LogP) is 7.71. The lowest BCUT2D eigenvalue weighted by atomic mass is 9.93. The molecule has 0 bridgehead atoms. The highest BCUT2D eigenvalue weighted by Crippen LogP contribution is 2.33. The largest absolute Gasteiger partial charge is 0.490 e. The molecule has 0 aromatic heterocycles. The van der Waals surface area contributed by atoms with E-state index in [9.17, 15) is 13.6 Å². The standard InChI is InChI=1S/C20H28FN3O2.C16H25FO/c1-14(15-5-6-15)11-23-17-4-2-3-16(17)19(22)18(12-25)24-9-7-20(21,13-26)8-10-24;1-4-6-7-9-15(8-5-2)18-16-11-10-14(17)12-13(16)3/h26H,2-11,13,22H2,1H3;10-12,15H,4-9H2,1-3H3/b19-16-,23-17?;. The highest BCUT2D eigenvalue weighted by atomic mass is 19.1. The van der Waals surface area contributed by atoms with Crippen LogP contribution in [0, 0.1) is 12.7 Å². The van der Waals surface area contributed by atoms with Crippen LogP contribution in [-0.2, 0) is 4.79 Å². The average molecular weight is 614 g/mol. The Kier molecular flexibility index (Phi) is 14.1. The third-order valence-corrected chi connectivity index (χ3v) is 8.91. The first-order chi connectivity index (χ1) is 21.1. The van der Waals surface area contributed by atoms with Gasteiger partial charge in [-0.3, -0.25) is 4.99 Å². The van der Waals surface area contributed by atoms with Gasteiger partial charge in [0.05, 0.1) is 25.0 Å². The number of aliphatic hydroxyl groups is 1. The quantitative estimate of drug-likeness (QED) is 0.135. The van der Waals surface area contributed by atoms with Crippen LogP contribution in [0.5, 0.6) is 5.75 Å². The van der Waals surface area contributed by atoms with Crippen LogP contribution in [0.2, 0.25) is 0 Å². The first-order valence-electron chi connectivity index (χ1n) is 16.6. The minimum atomic E-state index is -1.56. The summed E-state index contributed by atoms with van der Waals surface area (Å²) in [5, 5.41) is 9.16. The van der Waals surface area contributed by atoms with E-state index in [2.05, 4.69) is 20.8 Å². The van der Waals surface area contributed by atoms with E-state index in [1.807, 2.05) is 12.9 Å². The number of aryl methyl sites for hydroxylation is 1. The van der Waals surface area contributed by atoms with E-state index in [0.717, 1.165) is 61.1 Å². The van der Waals surface area contributed by atoms with Gasteiger partial charge in [0, 0.05) is 31.6 Å². The Morgan fingerprint density at radius 2 is 1.86 bits per heavy atom. The summed E-state index contributed by atoms with van der Waals surface area (Å²) in [4.78, 5) is 18.1. The molecule has 1 heterocycles. The summed E-state index contributed by atoms with van der Waals surface area (Å²) in [7, 11) is 0. The van der Waals surface area contributed by atoms with Crippen molar-refractivity contribution in [1.29, 1.82) is 0 Å². The highest BCUT2D eigenvalue weighted by Gasteiger charge is 2.35. The second-order valence-electron chi connectivity index (χ2n) is 12.6. The number of halogens is 2. The number of ether oxygens (including phenoxy) is 1. The Morgan fingerprint density at radius 1 is 1.14 bits per heavy atom. The van der Waals surface area contributed by atoms with Crippen LogP contribution in [0.25, 0.3) is 0 Å². The molecular weight excluding hydrogens is 560 g/mol. The number of carbonyl (C=O) groups excluding carboxylic acids is 1. The summed E-state index contributed by atoms with van der Waals surface area (Å²) >= 11 is 0. The fraction of sp³-hybridized carbons (Fsp3) is 0.639. The molecule has 0 radical (unpaired) electrons. The molecule has 4 rings (SSSR count). The van der Waals surface area contributed by atoms with Crippen molar-refractivity contribution in [3.63, 3.8) is 0 Å². The maximum atomic E-state index is 14.2. The second-order valence-corrected chi connectivity index (χ2v) is 12.6. The molecule has 1 unspecified atom stereocenters. The number of aliphatic imine (C=N–C) groups is 1. The van der Waals surface area contributed by atoms with Crippen molar-refractivity contribution in [3.05, 3.63) is 57.7 Å². The van der Waals surface area contributed by atoms with E-state index < -0.39 is 12.3 Å². The van der Waals surface area contributed by atoms with Gasteiger partial charge in [-0.1, -0.05) is 44.3 Å². The van der Waals surface area contributed by atoms with Crippen molar-refractivity contribution < 1.29 is 23.4 Å². The third-order valence-electron chi connectivity index (χ3n) is 8.91. The number of likely N-dealkylation sites (tertiary alicyclic amines) is 1. The van der Waals surface area contributed by atoms with Gasteiger partial charge in [-0.05, 0) is 94.5 Å². The Balaban J connectivity index is 0.000000259. The Morgan fingerprint density at radius 3 is 2.45 bits per heavy atom. The van der Waals surface area contributed by atoms with E-state index in [-0.39, 0.29) is 24.8 Å². The van der Waals surface area contributed by atoms with Gasteiger partial charge in [0.1, 0.15) is 22.9 Å². The number of unbranched alkanes of at least 4 members (excludes halogenated alkanes) is 2. The van der Waals surface area contributed by atoms with Crippen LogP contribution in [0.15, 0.2) is 51.3 Å². The lowest BCUT2D eigenvalue weighted by molar-refractivity contribution is 0.0178. The molecule has 3 fully saturated rings. The van der Waals surface area contributed by atoms with Crippen LogP contribution < -0.4 is 10.5 Å². The van der Waals surface area contributed by atoms with Gasteiger partial charge < -0.3 is 20.5 Å². The lowest BCUT2D eigenvalue weighted by Gasteiger charge is -2.36. The molecule has 1 saturated heterocycles. The van der Waals surface area contributed by atoms with Gasteiger partial charge >= 0.3 is 0 Å². The molecule has 1 aromatic carbocycles. The zero-order valence-corrected chi connectivity index (χ0v) is 27.3. The molecule has 1 aromatic rings. The lowest BCUT2D eigenvalue weighted by Crippen LogP contribution is -2.44. The number of benzene rings is 1. The van der Waals surface area contributed by atoms with E-state index in [1.165, 1.54) is 55.4 Å². The van der Waals surface area contributed by atoms with E-state index in [0.29, 0.717) is 31.0 Å². The minimum Gasteiger partial charge on any atom is -0.490 e. The molecular formula is C36H53F2N3O3. The molecule has 244 valence electrons. The third kappa shape index (κ3) is 10.6. The molecule has 1 atom stereocenters. The first-order valence-corrected chi connectivity index (χ1v) is 16.6. The maximum absolute atomic E-state index is 14.2. The molecule has 0 amide bonds. The Bertz CT molecular complexity index is 1240. The van der Waals surface area contributed by atoms with Crippen molar-refractivity contribution in [2.75, 3.05) is 26.2 Å². The summed E-state index contributed by atoms with van der Waals surface area (Å²) in [5.74, 6) is 2.60. The minimum absolute atomic E-state index is 0.186. The molecule has 2 saturated carbocycles. The summed E-state index contributed by atoms with van der Waals surface area (Å²) in [6.45, 7) is 9.33. The van der Waals surface area contributed by atoms with Crippen molar-refractivity contribution >= 4 is 11.7 Å². The van der Waals surface area contributed by atoms with Crippen molar-refractivity contribution in [2.45, 2.75) is 123 Å². The number of piperidine rings is 1. The zero-order valence-electron chi connectivity index (χ0n) is 27.3. The average Bonchev–Trinajstić information content (AvgIpc) is 3.76. The zero-order chi connectivity index (χ0) is 32.1. The van der Waals surface area contributed by atoms with Crippen LogP contribution in [0.3, 0.4) is 0 Å². The number of alkyl halides is 1. The Labute approximate surface area is 263 Å². The van der Waals surface area contributed by atoms with Gasteiger partial charge in [0.25, 0.3) is 0 Å². The van der Waals surface area contributed by atoms with Crippen LogP contribution in [0.1, 0.15) is 110 Å². The van der Waals surface area contributed by atoms with Crippen LogP contribution in [-0.4, -0.2) is 59.7 Å². The van der Waals surface area contributed by atoms with E-state index >= 15 is 0 Å². The second kappa shape index (κ2) is 17.5. The number of nitrogens with zero attached hydrogens (tertiary/aromatic N) is 2. The first kappa shape index (κ1) is 35.5. The van der Waals surface area contributed by atoms with Crippen molar-refractivity contribution in [3.8, 4) is 5.75 Å². The fourth-order valence-electron chi connectivity index (χ4n) is 5.86. The molecule has 2 aliphatic carbocycles. The van der Waals surface area contributed by atoms with Gasteiger partial charge in [0.2, 0.25) is 0 Å². The molecule has 0 spiro atoms. The van der Waals surface area contributed by atoms with Crippen LogP contribution in [0.4, 0.5) is 8.78 Å². The normalized spacial score (nSPS) is 20.0. The number of hydrogen-bond acceptors (Lipinski definition) is 6. The summed E-state index contributed by atoms with van der Waals surface area (Å²) in [6.07, 6.45) is 12.7. The number of nitrogens with two attached hydrogens (primary N) is 1. The topological polar surface area (TPSA) is 88.2 Å². The SMILES string of the molecule is CC(CN=C1CCC/C1=C(/N)C(=C=O)N1CCC(F)(CO)CC1)=C1CC1.CCCCCC(CCC)Oc1ccc(F)cc1C. The van der Waals surface area contributed by atoms with Gasteiger partial charge in [-0.25, -0.2) is 13.6 Å². The fourth-order valence-corrected chi connectivity index (χ4v) is 5.86.